The number of nitrogens with one attached hydrogen (secondary N) is 1. The van der Waals surface area contributed by atoms with E-state index in [1.807, 2.05) is 0 Å². The van der Waals surface area contributed by atoms with Gasteiger partial charge in [-0.05, 0) is 49.9 Å². The van der Waals surface area contributed by atoms with Crippen molar-refractivity contribution in [3.63, 3.8) is 0 Å². The standard InChI is InChI=1S/C19H30N2/c1-4-20-19-16-11-7-6-10-15(16)13-18(19)21(3)17-12-8-5-9-14(17)2/h6-7,10-11,14,17-20H,4-5,8-9,12-13H2,1-3H3. The van der Waals surface area contributed by atoms with E-state index >= 15 is 0 Å². The third-order valence-corrected chi connectivity index (χ3v) is 5.74. The maximum Gasteiger partial charge on any atom is 0.0484 e. The molecule has 4 atom stereocenters. The summed E-state index contributed by atoms with van der Waals surface area (Å²) in [5.74, 6) is 0.842. The summed E-state index contributed by atoms with van der Waals surface area (Å²) < 4.78 is 0. The van der Waals surface area contributed by atoms with Gasteiger partial charge >= 0.3 is 0 Å². The van der Waals surface area contributed by atoms with Gasteiger partial charge in [-0.25, -0.2) is 0 Å². The zero-order valence-corrected chi connectivity index (χ0v) is 13.8. The molecule has 0 aliphatic heterocycles. The average molecular weight is 286 g/mol. The molecular formula is C19H30N2. The Hall–Kier alpha value is -0.860. The van der Waals surface area contributed by atoms with Gasteiger partial charge in [0.05, 0.1) is 0 Å². The highest BCUT2D eigenvalue weighted by Gasteiger charge is 2.38. The third-order valence-electron chi connectivity index (χ3n) is 5.74. The summed E-state index contributed by atoms with van der Waals surface area (Å²) in [6.45, 7) is 5.72. The Morgan fingerprint density at radius 3 is 2.67 bits per heavy atom. The zero-order chi connectivity index (χ0) is 14.8. The number of hydrogen-bond donors (Lipinski definition) is 1. The Bertz CT molecular complexity index is 470. The van der Waals surface area contributed by atoms with Crippen LogP contribution < -0.4 is 5.32 Å². The Morgan fingerprint density at radius 2 is 1.90 bits per heavy atom. The lowest BCUT2D eigenvalue weighted by atomic mass is 9.84. The molecule has 3 rings (SSSR count). The van der Waals surface area contributed by atoms with Crippen molar-refractivity contribution in [2.45, 2.75) is 64.1 Å². The summed E-state index contributed by atoms with van der Waals surface area (Å²) in [4.78, 5) is 2.71. The molecule has 116 valence electrons. The molecule has 4 unspecified atom stereocenters. The van der Waals surface area contributed by atoms with Crippen LogP contribution >= 0.6 is 0 Å². The molecule has 1 saturated carbocycles. The molecule has 2 aliphatic rings. The van der Waals surface area contributed by atoms with Crippen LogP contribution in [0.15, 0.2) is 24.3 Å². The van der Waals surface area contributed by atoms with Crippen molar-refractivity contribution in [2.75, 3.05) is 13.6 Å². The van der Waals surface area contributed by atoms with Gasteiger partial charge < -0.3 is 5.32 Å². The smallest absolute Gasteiger partial charge is 0.0484 e. The predicted molar refractivity (Wildman–Crippen MR) is 89.5 cm³/mol. The van der Waals surface area contributed by atoms with E-state index in [9.17, 15) is 0 Å². The summed E-state index contributed by atoms with van der Waals surface area (Å²) in [6, 6.07) is 10.9. The summed E-state index contributed by atoms with van der Waals surface area (Å²) in [7, 11) is 2.37. The molecule has 0 saturated heterocycles. The quantitative estimate of drug-likeness (QED) is 0.906. The summed E-state index contributed by atoms with van der Waals surface area (Å²) >= 11 is 0. The van der Waals surface area contributed by atoms with E-state index in [1.165, 1.54) is 37.7 Å². The summed E-state index contributed by atoms with van der Waals surface area (Å²) in [5.41, 5.74) is 3.07. The van der Waals surface area contributed by atoms with E-state index in [0.29, 0.717) is 12.1 Å². The maximum atomic E-state index is 3.74. The molecule has 1 aromatic carbocycles. The minimum Gasteiger partial charge on any atom is -0.309 e. The van der Waals surface area contributed by atoms with E-state index in [2.05, 4.69) is 55.4 Å². The Balaban J connectivity index is 1.81. The van der Waals surface area contributed by atoms with Crippen LogP contribution in [-0.4, -0.2) is 30.6 Å². The first-order valence-electron chi connectivity index (χ1n) is 8.75. The molecule has 0 heterocycles. The van der Waals surface area contributed by atoms with Gasteiger partial charge in [0.2, 0.25) is 0 Å². The number of hydrogen-bond acceptors (Lipinski definition) is 2. The van der Waals surface area contributed by atoms with E-state index in [4.69, 9.17) is 0 Å². The van der Waals surface area contributed by atoms with Crippen LogP contribution in [-0.2, 0) is 6.42 Å². The number of rotatable bonds is 4. The van der Waals surface area contributed by atoms with Crippen LogP contribution in [0.5, 0.6) is 0 Å². The van der Waals surface area contributed by atoms with E-state index in [1.54, 1.807) is 5.56 Å². The van der Waals surface area contributed by atoms with Crippen LogP contribution in [0, 0.1) is 5.92 Å². The molecular weight excluding hydrogens is 256 g/mol. The largest absolute Gasteiger partial charge is 0.309 e. The Morgan fingerprint density at radius 1 is 1.14 bits per heavy atom. The molecule has 0 spiro atoms. The summed E-state index contributed by atoms with van der Waals surface area (Å²) in [5, 5.41) is 3.74. The third kappa shape index (κ3) is 2.89. The fraction of sp³-hybridized carbons (Fsp3) is 0.684. The predicted octanol–water partition coefficient (Wildman–Crippen LogP) is 3.77. The number of nitrogens with zero attached hydrogens (tertiary/aromatic N) is 1. The SMILES string of the molecule is CCNC1c2ccccc2CC1N(C)C1CCCCC1C. The van der Waals surface area contributed by atoms with Gasteiger partial charge in [-0.2, -0.15) is 0 Å². The first-order chi connectivity index (χ1) is 10.2. The van der Waals surface area contributed by atoms with Crippen molar-refractivity contribution in [2.24, 2.45) is 5.92 Å². The Labute approximate surface area is 129 Å². The highest BCUT2D eigenvalue weighted by Crippen LogP contribution is 2.37. The monoisotopic (exact) mass is 286 g/mol. The Kier molecular flexibility index (Phi) is 4.66. The van der Waals surface area contributed by atoms with Crippen molar-refractivity contribution in [1.82, 2.24) is 10.2 Å². The minimum atomic E-state index is 0.505. The van der Waals surface area contributed by atoms with Crippen LogP contribution in [0.4, 0.5) is 0 Å². The zero-order valence-electron chi connectivity index (χ0n) is 13.8. The fourth-order valence-electron chi connectivity index (χ4n) is 4.57. The van der Waals surface area contributed by atoms with Crippen molar-refractivity contribution in [3.05, 3.63) is 35.4 Å². The second kappa shape index (κ2) is 6.50. The molecule has 21 heavy (non-hydrogen) atoms. The van der Waals surface area contributed by atoms with Gasteiger partial charge in [0.1, 0.15) is 0 Å². The van der Waals surface area contributed by atoms with Crippen LogP contribution in [0.25, 0.3) is 0 Å². The molecule has 1 N–H and O–H groups in total. The number of fused-ring (bicyclic) bond motifs is 1. The number of likely N-dealkylation sites (N-methyl/N-ethyl adjacent to an activating group) is 2. The first-order valence-corrected chi connectivity index (χ1v) is 8.75. The normalized spacial score (nSPS) is 32.4. The number of benzene rings is 1. The van der Waals surface area contributed by atoms with E-state index in [-0.39, 0.29) is 0 Å². The van der Waals surface area contributed by atoms with E-state index in [0.717, 1.165) is 18.5 Å². The highest BCUT2D eigenvalue weighted by atomic mass is 15.2. The van der Waals surface area contributed by atoms with Crippen molar-refractivity contribution in [3.8, 4) is 0 Å². The van der Waals surface area contributed by atoms with Gasteiger partial charge in [-0.3, -0.25) is 4.90 Å². The molecule has 0 bridgehead atoms. The van der Waals surface area contributed by atoms with Gasteiger partial charge in [-0.1, -0.05) is 51.0 Å². The second-order valence-electron chi connectivity index (χ2n) is 7.00. The van der Waals surface area contributed by atoms with Crippen LogP contribution in [0.3, 0.4) is 0 Å². The lowest BCUT2D eigenvalue weighted by molar-refractivity contribution is 0.0826. The van der Waals surface area contributed by atoms with Crippen LogP contribution in [0.1, 0.15) is 56.7 Å². The second-order valence-corrected chi connectivity index (χ2v) is 7.00. The van der Waals surface area contributed by atoms with Crippen molar-refractivity contribution in [1.29, 1.82) is 0 Å². The maximum absolute atomic E-state index is 3.74. The van der Waals surface area contributed by atoms with Crippen LogP contribution in [0.2, 0.25) is 0 Å². The van der Waals surface area contributed by atoms with Gasteiger partial charge in [0.15, 0.2) is 0 Å². The minimum absolute atomic E-state index is 0.505. The topological polar surface area (TPSA) is 15.3 Å². The first kappa shape index (κ1) is 15.1. The molecule has 0 aromatic heterocycles. The highest BCUT2D eigenvalue weighted by molar-refractivity contribution is 5.37. The lowest BCUT2D eigenvalue weighted by Crippen LogP contribution is -2.49. The van der Waals surface area contributed by atoms with Gasteiger partial charge in [-0.15, -0.1) is 0 Å². The molecule has 1 aromatic rings. The van der Waals surface area contributed by atoms with E-state index < -0.39 is 0 Å². The van der Waals surface area contributed by atoms with Gasteiger partial charge in [0, 0.05) is 18.1 Å². The molecule has 2 heteroatoms. The molecule has 2 aliphatic carbocycles. The fourth-order valence-corrected chi connectivity index (χ4v) is 4.57. The molecule has 2 nitrogen and oxygen atoms in total. The molecule has 0 amide bonds. The van der Waals surface area contributed by atoms with Gasteiger partial charge in [0.25, 0.3) is 0 Å². The van der Waals surface area contributed by atoms with Crippen molar-refractivity contribution >= 4 is 0 Å². The average Bonchev–Trinajstić information content (AvgIpc) is 2.87. The summed E-state index contributed by atoms with van der Waals surface area (Å²) in [6.07, 6.45) is 6.81. The molecule has 0 radical (unpaired) electrons. The van der Waals surface area contributed by atoms with Crippen molar-refractivity contribution < 1.29 is 0 Å². The lowest BCUT2D eigenvalue weighted by Gasteiger charge is -2.41. The molecule has 1 fully saturated rings.